The molecule has 4 N–H and O–H groups in total. The Morgan fingerprint density at radius 3 is 3.07 bits per heavy atom. The molecule has 0 spiro atoms. The molecule has 1 aliphatic heterocycles. The van der Waals surface area contributed by atoms with Gasteiger partial charge in [-0.05, 0) is 6.92 Å². The molecule has 6 heteroatoms. The lowest BCUT2D eigenvalue weighted by atomic mass is 10.2. The van der Waals surface area contributed by atoms with Crippen LogP contribution in [0.15, 0.2) is 5.16 Å². The molecule has 0 bridgehead atoms. The molecule has 1 heterocycles. The number of thioether (sulfide) groups is 2. The normalized spacial score (nSPS) is 25.1. The van der Waals surface area contributed by atoms with E-state index < -0.39 is 0 Å². The highest BCUT2D eigenvalue weighted by Gasteiger charge is 2.15. The van der Waals surface area contributed by atoms with Crippen LogP contribution < -0.4 is 11.1 Å². The van der Waals surface area contributed by atoms with E-state index in [-0.39, 0.29) is 6.04 Å². The van der Waals surface area contributed by atoms with Crippen molar-refractivity contribution in [1.82, 2.24) is 5.32 Å². The van der Waals surface area contributed by atoms with Crippen molar-refractivity contribution in [3.8, 4) is 0 Å². The molecular weight excluding hydrogens is 230 g/mol. The van der Waals surface area contributed by atoms with Crippen LogP contribution in [0, 0.1) is 0 Å². The molecule has 0 aliphatic carbocycles. The zero-order valence-electron chi connectivity index (χ0n) is 8.98. The van der Waals surface area contributed by atoms with Gasteiger partial charge in [-0.25, -0.2) is 0 Å². The lowest BCUT2D eigenvalue weighted by molar-refractivity contribution is 0.316. The molecule has 1 aliphatic rings. The Kier molecular flexibility index (Phi) is 6.28. The Hall–Kier alpha value is -0.0700. The molecule has 15 heavy (non-hydrogen) atoms. The molecule has 1 fully saturated rings. The minimum Gasteiger partial charge on any atom is -0.409 e. The molecule has 0 aromatic carbocycles. The Morgan fingerprint density at radius 2 is 2.47 bits per heavy atom. The van der Waals surface area contributed by atoms with E-state index in [0.29, 0.717) is 17.5 Å². The topological polar surface area (TPSA) is 70.6 Å². The molecular formula is C9H19N3OS2. The quantitative estimate of drug-likeness (QED) is 0.293. The Labute approximate surface area is 99.4 Å². The predicted molar refractivity (Wildman–Crippen MR) is 69.1 cm³/mol. The Bertz CT molecular complexity index is 208. The zero-order valence-corrected chi connectivity index (χ0v) is 10.6. The van der Waals surface area contributed by atoms with Gasteiger partial charge in [0.1, 0.15) is 5.84 Å². The third-order valence-corrected chi connectivity index (χ3v) is 5.07. The van der Waals surface area contributed by atoms with Gasteiger partial charge in [-0.3, -0.25) is 0 Å². The fourth-order valence-corrected chi connectivity index (χ4v) is 4.04. The average molecular weight is 249 g/mol. The summed E-state index contributed by atoms with van der Waals surface area (Å²) < 4.78 is 0. The smallest absolute Gasteiger partial charge is 0.140 e. The lowest BCUT2D eigenvalue weighted by Crippen LogP contribution is -2.37. The van der Waals surface area contributed by atoms with Gasteiger partial charge in [-0.15, -0.1) is 0 Å². The molecule has 2 unspecified atom stereocenters. The summed E-state index contributed by atoms with van der Waals surface area (Å²) in [5.74, 6) is 4.06. The number of hydrogen-bond acceptors (Lipinski definition) is 5. The summed E-state index contributed by atoms with van der Waals surface area (Å²) in [5.41, 5.74) is 5.43. The van der Waals surface area contributed by atoms with E-state index in [1.807, 2.05) is 23.5 Å². The van der Waals surface area contributed by atoms with Crippen LogP contribution in [0.5, 0.6) is 0 Å². The molecule has 4 nitrogen and oxygen atoms in total. The van der Waals surface area contributed by atoms with Gasteiger partial charge in [0.2, 0.25) is 0 Å². The highest BCUT2D eigenvalue weighted by Crippen LogP contribution is 2.23. The molecule has 0 saturated carbocycles. The van der Waals surface area contributed by atoms with E-state index in [2.05, 4.69) is 17.4 Å². The van der Waals surface area contributed by atoms with Gasteiger partial charge < -0.3 is 16.3 Å². The van der Waals surface area contributed by atoms with Gasteiger partial charge in [0.05, 0.1) is 0 Å². The highest BCUT2D eigenvalue weighted by molar-refractivity contribution is 8.06. The fourth-order valence-electron chi connectivity index (χ4n) is 1.41. The summed E-state index contributed by atoms with van der Waals surface area (Å²) in [6.07, 6.45) is 0.598. The summed E-state index contributed by atoms with van der Waals surface area (Å²) >= 11 is 4.06. The predicted octanol–water partition coefficient (Wildman–Crippen LogP) is 0.950. The fraction of sp³-hybridized carbons (Fsp3) is 0.889. The van der Waals surface area contributed by atoms with Crippen molar-refractivity contribution in [3.63, 3.8) is 0 Å². The first-order valence-electron chi connectivity index (χ1n) is 5.11. The highest BCUT2D eigenvalue weighted by atomic mass is 32.2. The second-order valence-electron chi connectivity index (χ2n) is 3.67. The summed E-state index contributed by atoms with van der Waals surface area (Å²) in [6.45, 7) is 3.07. The lowest BCUT2D eigenvalue weighted by Gasteiger charge is -2.23. The number of amidine groups is 1. The number of nitrogens with one attached hydrogen (secondary N) is 1. The molecule has 0 amide bonds. The van der Waals surface area contributed by atoms with Gasteiger partial charge in [-0.2, -0.15) is 23.5 Å². The van der Waals surface area contributed by atoms with Crippen LogP contribution in [0.25, 0.3) is 0 Å². The summed E-state index contributed by atoms with van der Waals surface area (Å²) in [7, 11) is 0. The SMILES string of the molecule is CC(CC(N)=NO)NCC1CSCCS1. The van der Waals surface area contributed by atoms with Gasteiger partial charge >= 0.3 is 0 Å². The molecule has 2 atom stereocenters. The summed E-state index contributed by atoms with van der Waals surface area (Å²) in [4.78, 5) is 0. The minimum atomic E-state index is 0.272. The third kappa shape index (κ3) is 5.53. The standard InChI is InChI=1S/C9H19N3OS2/c1-7(4-9(10)12-13)11-5-8-6-14-2-3-15-8/h7-8,11,13H,2-6H2,1H3,(H2,10,12). The van der Waals surface area contributed by atoms with Crippen LogP contribution in [0.2, 0.25) is 0 Å². The van der Waals surface area contributed by atoms with E-state index in [9.17, 15) is 0 Å². The van der Waals surface area contributed by atoms with Crippen molar-refractivity contribution < 1.29 is 5.21 Å². The molecule has 0 aromatic heterocycles. The van der Waals surface area contributed by atoms with Gasteiger partial charge in [0.15, 0.2) is 0 Å². The van der Waals surface area contributed by atoms with E-state index >= 15 is 0 Å². The van der Waals surface area contributed by atoms with E-state index in [1.165, 1.54) is 17.3 Å². The maximum atomic E-state index is 8.43. The minimum absolute atomic E-state index is 0.272. The molecule has 1 saturated heterocycles. The number of rotatable bonds is 5. The second-order valence-corrected chi connectivity index (χ2v) is 6.23. The summed E-state index contributed by atoms with van der Waals surface area (Å²) in [5, 5.41) is 15.5. The van der Waals surface area contributed by atoms with Gasteiger partial charge in [-0.1, -0.05) is 5.16 Å². The van der Waals surface area contributed by atoms with Crippen LogP contribution in [0.4, 0.5) is 0 Å². The van der Waals surface area contributed by atoms with Crippen LogP contribution in [-0.4, -0.2) is 46.1 Å². The third-order valence-electron chi connectivity index (χ3n) is 2.22. The number of nitrogens with two attached hydrogens (primary N) is 1. The zero-order chi connectivity index (χ0) is 11.1. The first kappa shape index (κ1) is 13.0. The van der Waals surface area contributed by atoms with Crippen molar-refractivity contribution in [2.24, 2.45) is 10.9 Å². The first-order valence-corrected chi connectivity index (χ1v) is 7.32. The number of nitrogens with zero attached hydrogens (tertiary/aromatic N) is 1. The largest absolute Gasteiger partial charge is 0.409 e. The van der Waals surface area contributed by atoms with E-state index in [4.69, 9.17) is 10.9 Å². The van der Waals surface area contributed by atoms with Crippen LogP contribution in [-0.2, 0) is 0 Å². The Balaban J connectivity index is 2.12. The molecule has 0 radical (unpaired) electrons. The Morgan fingerprint density at radius 1 is 1.67 bits per heavy atom. The van der Waals surface area contributed by atoms with Crippen molar-refractivity contribution >= 4 is 29.4 Å². The summed E-state index contributed by atoms with van der Waals surface area (Å²) in [6, 6.07) is 0.272. The monoisotopic (exact) mass is 249 g/mol. The van der Waals surface area contributed by atoms with Crippen LogP contribution in [0.3, 0.4) is 0 Å². The van der Waals surface area contributed by atoms with Crippen molar-refractivity contribution in [1.29, 1.82) is 0 Å². The average Bonchev–Trinajstić information content (AvgIpc) is 2.27. The van der Waals surface area contributed by atoms with Crippen molar-refractivity contribution in [3.05, 3.63) is 0 Å². The van der Waals surface area contributed by atoms with E-state index in [1.54, 1.807) is 0 Å². The maximum absolute atomic E-state index is 8.43. The van der Waals surface area contributed by atoms with Gasteiger partial charge in [0.25, 0.3) is 0 Å². The van der Waals surface area contributed by atoms with Crippen LogP contribution in [0.1, 0.15) is 13.3 Å². The number of hydrogen-bond donors (Lipinski definition) is 3. The molecule has 0 aromatic rings. The van der Waals surface area contributed by atoms with Crippen LogP contribution >= 0.6 is 23.5 Å². The molecule has 1 rings (SSSR count). The molecule has 88 valence electrons. The number of oxime groups is 1. The maximum Gasteiger partial charge on any atom is 0.140 e. The van der Waals surface area contributed by atoms with Gasteiger partial charge in [0, 0.05) is 41.5 Å². The van der Waals surface area contributed by atoms with E-state index in [0.717, 1.165) is 6.54 Å². The second kappa shape index (κ2) is 7.24. The van der Waals surface area contributed by atoms with Crippen molar-refractivity contribution in [2.75, 3.05) is 23.8 Å². The van der Waals surface area contributed by atoms with Crippen molar-refractivity contribution in [2.45, 2.75) is 24.6 Å². The first-order chi connectivity index (χ1) is 7.22.